The van der Waals surface area contributed by atoms with Crippen LogP contribution < -0.4 is 10.6 Å². The number of urea groups is 1. The number of imidazole rings is 1. The summed E-state index contributed by atoms with van der Waals surface area (Å²) in [6.07, 6.45) is 0.570. The number of aromatic amines is 1. The first-order valence-corrected chi connectivity index (χ1v) is 8.89. The molecule has 142 valence electrons. The maximum absolute atomic E-state index is 12.5. The molecule has 0 saturated heterocycles. The zero-order valence-electron chi connectivity index (χ0n) is 15.1. The molecule has 0 bridgehead atoms. The van der Waals surface area contributed by atoms with E-state index < -0.39 is 0 Å². The maximum Gasteiger partial charge on any atom is 0.319 e. The highest BCUT2D eigenvalue weighted by Gasteiger charge is 2.17. The van der Waals surface area contributed by atoms with Crippen LogP contribution in [0, 0.1) is 0 Å². The summed E-state index contributed by atoms with van der Waals surface area (Å²) in [5.74, 6) is 0.838. The Kier molecular flexibility index (Phi) is 6.29. The topological polar surface area (TPSA) is 69.8 Å². The molecule has 28 heavy (non-hydrogen) atoms. The lowest BCUT2D eigenvalue weighted by atomic mass is 10.0. The van der Waals surface area contributed by atoms with E-state index in [-0.39, 0.29) is 24.5 Å². The number of nitrogens with one attached hydrogen (secondary N) is 3. The molecule has 0 saturated carbocycles. The lowest BCUT2D eigenvalue weighted by Gasteiger charge is -2.19. The quantitative estimate of drug-likeness (QED) is 0.442. The Hall–Kier alpha value is -3.31. The highest BCUT2D eigenvalue weighted by Crippen LogP contribution is 2.19. The van der Waals surface area contributed by atoms with Crippen LogP contribution in [0.15, 0.2) is 84.9 Å². The number of benzene rings is 3. The highest BCUT2D eigenvalue weighted by molar-refractivity contribution is 5.89. The van der Waals surface area contributed by atoms with Crippen LogP contribution in [0.4, 0.5) is 10.5 Å². The first-order chi connectivity index (χ1) is 13.3. The molecule has 0 spiro atoms. The molecule has 0 aliphatic carbocycles. The minimum absolute atomic E-state index is 0. The summed E-state index contributed by atoms with van der Waals surface area (Å²) >= 11 is 0. The van der Waals surface area contributed by atoms with Crippen molar-refractivity contribution in [1.29, 1.82) is 0 Å². The summed E-state index contributed by atoms with van der Waals surface area (Å²) in [5.41, 5.74) is 3.70. The van der Waals surface area contributed by atoms with Gasteiger partial charge in [0.1, 0.15) is 5.82 Å². The van der Waals surface area contributed by atoms with Gasteiger partial charge in [0.2, 0.25) is 0 Å². The van der Waals surface area contributed by atoms with Gasteiger partial charge < -0.3 is 15.6 Å². The van der Waals surface area contributed by atoms with Crippen molar-refractivity contribution in [2.75, 3.05) is 5.32 Å². The summed E-state index contributed by atoms with van der Waals surface area (Å²) in [5, 5.41) is 5.94. The molecule has 6 heteroatoms. The number of fused-ring (bicyclic) bond motifs is 1. The molecule has 1 atom stereocenters. The van der Waals surface area contributed by atoms with Crippen LogP contribution in [0.2, 0.25) is 0 Å². The van der Waals surface area contributed by atoms with Gasteiger partial charge >= 0.3 is 6.03 Å². The molecule has 4 rings (SSSR count). The molecule has 5 nitrogen and oxygen atoms in total. The van der Waals surface area contributed by atoms with Gasteiger partial charge in [-0.25, -0.2) is 9.78 Å². The van der Waals surface area contributed by atoms with Crippen molar-refractivity contribution in [2.45, 2.75) is 12.5 Å². The summed E-state index contributed by atoms with van der Waals surface area (Å²) in [4.78, 5) is 20.5. The Balaban J connectivity index is 0.00000225. The minimum Gasteiger partial charge on any atom is -0.342 e. The molecule has 0 aliphatic heterocycles. The Bertz CT molecular complexity index is 1000. The zero-order chi connectivity index (χ0) is 18.5. The Morgan fingerprint density at radius 2 is 1.54 bits per heavy atom. The third kappa shape index (κ3) is 4.69. The van der Waals surface area contributed by atoms with Crippen molar-refractivity contribution < 1.29 is 4.79 Å². The number of nitrogens with zero attached hydrogens (tertiary/aromatic N) is 1. The first-order valence-electron chi connectivity index (χ1n) is 8.89. The SMILES string of the molecule is Cl.O=C(Nc1ccccc1)NC(Cc1nc2ccccc2[nH]1)c1ccccc1. The molecule has 1 aromatic heterocycles. The van der Waals surface area contributed by atoms with E-state index in [1.807, 2.05) is 84.9 Å². The fourth-order valence-electron chi connectivity index (χ4n) is 3.08. The molecule has 0 fully saturated rings. The second kappa shape index (κ2) is 9.06. The van der Waals surface area contributed by atoms with Gasteiger partial charge in [-0.2, -0.15) is 0 Å². The van der Waals surface area contributed by atoms with Gasteiger partial charge in [-0.1, -0.05) is 60.7 Å². The van der Waals surface area contributed by atoms with Gasteiger partial charge in [0.25, 0.3) is 0 Å². The Morgan fingerprint density at radius 1 is 0.893 bits per heavy atom. The summed E-state index contributed by atoms with van der Waals surface area (Å²) in [7, 11) is 0. The van der Waals surface area contributed by atoms with E-state index in [1.54, 1.807) is 0 Å². The molecule has 4 aromatic rings. The number of anilines is 1. The highest BCUT2D eigenvalue weighted by atomic mass is 35.5. The van der Waals surface area contributed by atoms with E-state index in [9.17, 15) is 4.79 Å². The van der Waals surface area contributed by atoms with Crippen LogP contribution >= 0.6 is 12.4 Å². The molecule has 0 aliphatic rings. The number of amides is 2. The number of H-pyrrole nitrogens is 1. The van der Waals surface area contributed by atoms with Crippen LogP contribution in [-0.2, 0) is 6.42 Å². The Morgan fingerprint density at radius 3 is 2.25 bits per heavy atom. The van der Waals surface area contributed by atoms with Crippen LogP contribution in [-0.4, -0.2) is 16.0 Å². The van der Waals surface area contributed by atoms with Gasteiger partial charge in [0.15, 0.2) is 0 Å². The molecule has 3 aromatic carbocycles. The summed E-state index contributed by atoms with van der Waals surface area (Å²) in [6, 6.07) is 26.8. The van der Waals surface area contributed by atoms with E-state index in [4.69, 9.17) is 0 Å². The first kappa shape index (κ1) is 19.5. The van der Waals surface area contributed by atoms with E-state index in [1.165, 1.54) is 0 Å². The smallest absolute Gasteiger partial charge is 0.319 e. The van der Waals surface area contributed by atoms with Gasteiger partial charge in [-0.15, -0.1) is 12.4 Å². The second-order valence-corrected chi connectivity index (χ2v) is 6.33. The Labute approximate surface area is 169 Å². The largest absolute Gasteiger partial charge is 0.342 e. The fraction of sp³-hybridized carbons (Fsp3) is 0.0909. The molecular weight excluding hydrogens is 372 g/mol. The van der Waals surface area contributed by atoms with Gasteiger partial charge in [-0.05, 0) is 29.8 Å². The average molecular weight is 393 g/mol. The van der Waals surface area contributed by atoms with E-state index in [0.717, 1.165) is 28.1 Å². The predicted molar refractivity (Wildman–Crippen MR) is 115 cm³/mol. The molecule has 3 N–H and O–H groups in total. The third-order valence-corrected chi connectivity index (χ3v) is 4.37. The predicted octanol–water partition coefficient (Wildman–Crippen LogP) is 5.09. The number of carbonyl (C=O) groups excluding carboxylic acids is 1. The van der Waals surface area contributed by atoms with Crippen molar-refractivity contribution in [2.24, 2.45) is 0 Å². The van der Waals surface area contributed by atoms with Crippen LogP contribution in [0.5, 0.6) is 0 Å². The molecule has 2 amide bonds. The number of carbonyl (C=O) groups is 1. The number of halogens is 1. The lowest BCUT2D eigenvalue weighted by Crippen LogP contribution is -2.33. The number of para-hydroxylation sites is 3. The molecule has 1 unspecified atom stereocenters. The summed E-state index contributed by atoms with van der Waals surface area (Å²) < 4.78 is 0. The molecule has 0 radical (unpaired) electrons. The normalized spacial score (nSPS) is 11.4. The number of aromatic nitrogens is 2. The van der Waals surface area contributed by atoms with Crippen LogP contribution in [0.25, 0.3) is 11.0 Å². The minimum atomic E-state index is -0.244. The van der Waals surface area contributed by atoms with Crippen LogP contribution in [0.1, 0.15) is 17.4 Å². The van der Waals surface area contributed by atoms with E-state index in [0.29, 0.717) is 6.42 Å². The second-order valence-electron chi connectivity index (χ2n) is 6.33. The molecule has 1 heterocycles. The van der Waals surface area contributed by atoms with Crippen molar-refractivity contribution >= 4 is 35.2 Å². The fourth-order valence-corrected chi connectivity index (χ4v) is 3.08. The van der Waals surface area contributed by atoms with Crippen molar-refractivity contribution in [3.63, 3.8) is 0 Å². The number of hydrogen-bond donors (Lipinski definition) is 3. The monoisotopic (exact) mass is 392 g/mol. The van der Waals surface area contributed by atoms with Gasteiger partial charge in [0.05, 0.1) is 17.1 Å². The van der Waals surface area contributed by atoms with Gasteiger partial charge in [-0.3, -0.25) is 0 Å². The van der Waals surface area contributed by atoms with Gasteiger partial charge in [0, 0.05) is 12.1 Å². The number of hydrogen-bond acceptors (Lipinski definition) is 2. The maximum atomic E-state index is 12.5. The van der Waals surface area contributed by atoms with Crippen molar-refractivity contribution in [3.8, 4) is 0 Å². The van der Waals surface area contributed by atoms with Crippen LogP contribution in [0.3, 0.4) is 0 Å². The standard InChI is InChI=1S/C22H20N4O.ClH/c27-22(23-17-11-5-2-6-12-17)26-20(16-9-3-1-4-10-16)15-21-24-18-13-7-8-14-19(18)25-21;/h1-14,20H,15H2,(H,24,25)(H2,23,26,27);1H. The van der Waals surface area contributed by atoms with E-state index in [2.05, 4.69) is 20.6 Å². The lowest BCUT2D eigenvalue weighted by molar-refractivity contribution is 0.248. The molecular formula is C22H21ClN4O. The zero-order valence-corrected chi connectivity index (χ0v) is 15.9. The third-order valence-electron chi connectivity index (χ3n) is 4.37. The van der Waals surface area contributed by atoms with Crippen molar-refractivity contribution in [3.05, 3.63) is 96.3 Å². The average Bonchev–Trinajstić information content (AvgIpc) is 3.11. The van der Waals surface area contributed by atoms with Crippen molar-refractivity contribution in [1.82, 2.24) is 15.3 Å². The van der Waals surface area contributed by atoms with E-state index >= 15 is 0 Å². The summed E-state index contributed by atoms with van der Waals surface area (Å²) in [6.45, 7) is 0. The number of rotatable bonds is 5.